The molecule has 2 aromatic rings. The van der Waals surface area contributed by atoms with Gasteiger partial charge in [-0.15, -0.1) is 0 Å². The van der Waals surface area contributed by atoms with Crippen molar-refractivity contribution in [2.24, 2.45) is 0 Å². The minimum Gasteiger partial charge on any atom is -0.335 e. The first-order valence-electron chi connectivity index (χ1n) is 6.53. The Morgan fingerprint density at radius 1 is 1.33 bits per heavy atom. The first-order chi connectivity index (χ1) is 8.81. The zero-order valence-corrected chi connectivity index (χ0v) is 10.7. The van der Waals surface area contributed by atoms with Crippen molar-refractivity contribution in [1.29, 1.82) is 0 Å². The second kappa shape index (κ2) is 4.94. The molecule has 0 saturated heterocycles. The number of nitrogens with one attached hydrogen (secondary N) is 1. The van der Waals surface area contributed by atoms with Crippen molar-refractivity contribution >= 4 is 0 Å². The fourth-order valence-electron chi connectivity index (χ4n) is 2.02. The molecule has 0 atom stereocenters. The van der Waals surface area contributed by atoms with E-state index < -0.39 is 0 Å². The van der Waals surface area contributed by atoms with Crippen molar-refractivity contribution in [2.75, 3.05) is 0 Å². The summed E-state index contributed by atoms with van der Waals surface area (Å²) < 4.78 is 4.30. The Morgan fingerprint density at radius 2 is 2.22 bits per heavy atom. The van der Waals surface area contributed by atoms with E-state index in [1.54, 1.807) is 0 Å². The summed E-state index contributed by atoms with van der Waals surface area (Å²) in [4.78, 5) is 8.63. The van der Waals surface area contributed by atoms with Crippen LogP contribution in [0.15, 0.2) is 24.9 Å². The summed E-state index contributed by atoms with van der Waals surface area (Å²) in [5.41, 5.74) is 1.13. The molecule has 0 spiro atoms. The van der Waals surface area contributed by atoms with Crippen LogP contribution in [-0.4, -0.2) is 25.1 Å². The Kier molecular flexibility index (Phi) is 3.15. The van der Waals surface area contributed by atoms with Crippen molar-refractivity contribution in [3.8, 4) is 0 Å². The van der Waals surface area contributed by atoms with E-state index in [0.717, 1.165) is 37.2 Å². The second-order valence-electron chi connectivity index (χ2n) is 4.93. The van der Waals surface area contributed by atoms with Crippen LogP contribution in [0.5, 0.6) is 0 Å². The molecule has 3 rings (SSSR count). The van der Waals surface area contributed by atoms with Gasteiger partial charge in [-0.25, -0.2) is 9.97 Å². The molecule has 96 valence electrons. The van der Waals surface area contributed by atoms with Gasteiger partial charge in [-0.1, -0.05) is 0 Å². The molecule has 0 aromatic carbocycles. The van der Waals surface area contributed by atoms with Gasteiger partial charge in [0.15, 0.2) is 0 Å². The molecule has 1 fully saturated rings. The Balaban J connectivity index is 1.51. The van der Waals surface area contributed by atoms with Crippen LogP contribution in [0.1, 0.15) is 24.4 Å². The fourth-order valence-corrected chi connectivity index (χ4v) is 2.02. The number of hydrogen-bond donors (Lipinski definition) is 1. The van der Waals surface area contributed by atoms with Crippen LogP contribution >= 0.6 is 0 Å². The SMILES string of the molecule is Cc1nccn1CCn1cnc(CNC2CC2)c1. The maximum absolute atomic E-state index is 4.41. The molecule has 5 nitrogen and oxygen atoms in total. The summed E-state index contributed by atoms with van der Waals surface area (Å²) in [6.45, 7) is 4.80. The zero-order chi connectivity index (χ0) is 12.4. The van der Waals surface area contributed by atoms with Gasteiger partial charge in [-0.2, -0.15) is 0 Å². The number of aromatic nitrogens is 4. The van der Waals surface area contributed by atoms with E-state index in [2.05, 4.69) is 30.6 Å². The van der Waals surface area contributed by atoms with E-state index in [1.165, 1.54) is 12.8 Å². The lowest BCUT2D eigenvalue weighted by molar-refractivity contribution is 0.567. The first-order valence-corrected chi connectivity index (χ1v) is 6.53. The van der Waals surface area contributed by atoms with Gasteiger partial charge < -0.3 is 14.5 Å². The molecule has 1 aliphatic carbocycles. The van der Waals surface area contributed by atoms with E-state index in [0.29, 0.717) is 0 Å². The number of imidazole rings is 2. The van der Waals surface area contributed by atoms with E-state index in [9.17, 15) is 0 Å². The molecular weight excluding hydrogens is 226 g/mol. The van der Waals surface area contributed by atoms with Gasteiger partial charge in [0.2, 0.25) is 0 Å². The standard InChI is InChI=1S/C13H19N5/c1-11-14-4-5-18(11)7-6-17-9-13(16-10-17)8-15-12-2-3-12/h4-5,9-10,12,15H,2-3,6-8H2,1H3. The molecule has 1 N–H and O–H groups in total. The maximum Gasteiger partial charge on any atom is 0.105 e. The molecule has 0 radical (unpaired) electrons. The van der Waals surface area contributed by atoms with Crippen molar-refractivity contribution in [1.82, 2.24) is 24.4 Å². The van der Waals surface area contributed by atoms with E-state index >= 15 is 0 Å². The predicted molar refractivity (Wildman–Crippen MR) is 69.1 cm³/mol. The van der Waals surface area contributed by atoms with E-state index in [1.807, 2.05) is 25.6 Å². The quantitative estimate of drug-likeness (QED) is 0.835. The average Bonchev–Trinajstić information content (AvgIpc) is 2.94. The monoisotopic (exact) mass is 245 g/mol. The number of rotatable bonds is 6. The second-order valence-corrected chi connectivity index (χ2v) is 4.93. The van der Waals surface area contributed by atoms with Crippen molar-refractivity contribution in [3.63, 3.8) is 0 Å². The molecule has 0 aliphatic heterocycles. The third-order valence-corrected chi connectivity index (χ3v) is 3.36. The van der Waals surface area contributed by atoms with Gasteiger partial charge in [-0.3, -0.25) is 0 Å². The third kappa shape index (κ3) is 2.79. The van der Waals surface area contributed by atoms with Crippen LogP contribution in [-0.2, 0) is 19.6 Å². The summed E-state index contributed by atoms with van der Waals surface area (Å²) >= 11 is 0. The largest absolute Gasteiger partial charge is 0.335 e. The van der Waals surface area contributed by atoms with Gasteiger partial charge >= 0.3 is 0 Å². The summed E-state index contributed by atoms with van der Waals surface area (Å²) in [6, 6.07) is 0.740. The number of aryl methyl sites for hydroxylation is 3. The Hall–Kier alpha value is -1.62. The van der Waals surface area contributed by atoms with Crippen molar-refractivity contribution < 1.29 is 0 Å². The Bertz CT molecular complexity index is 509. The highest BCUT2D eigenvalue weighted by Crippen LogP contribution is 2.18. The van der Waals surface area contributed by atoms with Crippen LogP contribution < -0.4 is 5.32 Å². The molecule has 18 heavy (non-hydrogen) atoms. The lowest BCUT2D eigenvalue weighted by Crippen LogP contribution is -2.15. The third-order valence-electron chi connectivity index (χ3n) is 3.36. The van der Waals surface area contributed by atoms with Crippen molar-refractivity contribution in [2.45, 2.75) is 45.4 Å². The molecule has 1 saturated carbocycles. The zero-order valence-electron chi connectivity index (χ0n) is 10.7. The average molecular weight is 245 g/mol. The van der Waals surface area contributed by atoms with Crippen LogP contribution in [0.2, 0.25) is 0 Å². The maximum atomic E-state index is 4.41. The smallest absolute Gasteiger partial charge is 0.105 e. The van der Waals surface area contributed by atoms with Gasteiger partial charge in [0.05, 0.1) is 12.0 Å². The van der Waals surface area contributed by atoms with Gasteiger partial charge in [0.1, 0.15) is 5.82 Å². The molecule has 2 heterocycles. The molecular formula is C13H19N5. The lowest BCUT2D eigenvalue weighted by Gasteiger charge is -2.05. The van der Waals surface area contributed by atoms with Crippen LogP contribution in [0.3, 0.4) is 0 Å². The predicted octanol–water partition coefficient (Wildman–Crippen LogP) is 1.34. The summed E-state index contributed by atoms with van der Waals surface area (Å²) in [6.07, 6.45) is 10.5. The molecule has 2 aromatic heterocycles. The molecule has 5 heteroatoms. The molecule has 0 unspecified atom stereocenters. The highest BCUT2D eigenvalue weighted by Gasteiger charge is 2.20. The summed E-state index contributed by atoms with van der Waals surface area (Å²) in [5.74, 6) is 1.06. The molecule has 0 bridgehead atoms. The topological polar surface area (TPSA) is 47.7 Å². The number of nitrogens with zero attached hydrogens (tertiary/aromatic N) is 4. The first kappa shape index (κ1) is 11.5. The Labute approximate surface area is 107 Å². The summed E-state index contributed by atoms with van der Waals surface area (Å²) in [5, 5.41) is 3.47. The molecule has 0 amide bonds. The fraction of sp³-hybridized carbons (Fsp3) is 0.538. The van der Waals surface area contributed by atoms with Crippen LogP contribution in [0.25, 0.3) is 0 Å². The normalized spacial score (nSPS) is 15.2. The van der Waals surface area contributed by atoms with Gasteiger partial charge in [0.25, 0.3) is 0 Å². The Morgan fingerprint density at radius 3 is 2.94 bits per heavy atom. The van der Waals surface area contributed by atoms with Gasteiger partial charge in [-0.05, 0) is 19.8 Å². The minimum absolute atomic E-state index is 0.740. The van der Waals surface area contributed by atoms with E-state index in [-0.39, 0.29) is 0 Å². The van der Waals surface area contributed by atoms with Crippen LogP contribution in [0, 0.1) is 6.92 Å². The highest BCUT2D eigenvalue weighted by molar-refractivity contribution is 4.98. The lowest BCUT2D eigenvalue weighted by atomic mass is 10.4. The molecule has 1 aliphatic rings. The highest BCUT2D eigenvalue weighted by atomic mass is 15.1. The van der Waals surface area contributed by atoms with Crippen molar-refractivity contribution in [3.05, 3.63) is 36.4 Å². The van der Waals surface area contributed by atoms with Crippen LogP contribution in [0.4, 0.5) is 0 Å². The number of hydrogen-bond acceptors (Lipinski definition) is 3. The minimum atomic E-state index is 0.740. The van der Waals surface area contributed by atoms with E-state index in [4.69, 9.17) is 0 Å². The van der Waals surface area contributed by atoms with Gasteiger partial charge in [0, 0.05) is 44.3 Å². The summed E-state index contributed by atoms with van der Waals surface area (Å²) in [7, 11) is 0.